The van der Waals surface area contributed by atoms with Crippen LogP contribution in [0.25, 0.3) is 22.8 Å². The molecule has 0 spiro atoms. The Morgan fingerprint density at radius 1 is 1.00 bits per heavy atom. The van der Waals surface area contributed by atoms with Gasteiger partial charge in [0.1, 0.15) is 11.6 Å². The predicted molar refractivity (Wildman–Crippen MR) is 74.2 cm³/mol. The highest BCUT2D eigenvalue weighted by Gasteiger charge is 2.15. The normalized spacial score (nSPS) is 10.8. The lowest BCUT2D eigenvalue weighted by atomic mass is 10.1. The molecule has 6 heteroatoms. The number of nitrogen functional groups attached to an aromatic ring is 1. The Hall–Kier alpha value is -2.76. The average molecular weight is 287 g/mol. The van der Waals surface area contributed by atoms with E-state index in [2.05, 4.69) is 10.1 Å². The lowest BCUT2D eigenvalue weighted by Gasteiger charge is -2.00. The lowest BCUT2D eigenvalue weighted by Crippen LogP contribution is -1.91. The van der Waals surface area contributed by atoms with Gasteiger partial charge < -0.3 is 10.3 Å². The number of aryl methyl sites for hydroxylation is 1. The highest BCUT2D eigenvalue weighted by atomic mass is 19.1. The number of aromatic nitrogens is 2. The molecular formula is C15H11F2N3O. The minimum absolute atomic E-state index is 0.0886. The maximum absolute atomic E-state index is 13.3. The van der Waals surface area contributed by atoms with Crippen molar-refractivity contribution in [2.45, 2.75) is 6.92 Å². The summed E-state index contributed by atoms with van der Waals surface area (Å²) < 4.78 is 31.7. The third kappa shape index (κ3) is 2.47. The van der Waals surface area contributed by atoms with Crippen LogP contribution in [0.3, 0.4) is 0 Å². The fraction of sp³-hybridized carbons (Fsp3) is 0.0667. The van der Waals surface area contributed by atoms with E-state index in [1.165, 1.54) is 30.3 Å². The number of hydrogen-bond acceptors (Lipinski definition) is 4. The highest BCUT2D eigenvalue weighted by Crippen LogP contribution is 2.28. The second kappa shape index (κ2) is 4.97. The maximum Gasteiger partial charge on any atom is 0.260 e. The molecule has 3 rings (SSSR count). The summed E-state index contributed by atoms with van der Waals surface area (Å²) in [6.07, 6.45) is 0. The first kappa shape index (κ1) is 13.2. The monoisotopic (exact) mass is 287 g/mol. The summed E-state index contributed by atoms with van der Waals surface area (Å²) in [4.78, 5) is 4.16. The summed E-state index contributed by atoms with van der Waals surface area (Å²) in [6, 6.07) is 8.17. The Bertz CT molecular complexity index is 748. The van der Waals surface area contributed by atoms with Crippen molar-refractivity contribution in [1.82, 2.24) is 10.1 Å². The van der Waals surface area contributed by atoms with Gasteiger partial charge in [-0.1, -0.05) is 11.2 Å². The number of rotatable bonds is 2. The lowest BCUT2D eigenvalue weighted by molar-refractivity contribution is 0.432. The zero-order chi connectivity index (χ0) is 15.0. The fourth-order valence-electron chi connectivity index (χ4n) is 1.99. The minimum atomic E-state index is -0.458. The van der Waals surface area contributed by atoms with Gasteiger partial charge in [0.05, 0.1) is 5.56 Å². The molecule has 0 saturated carbocycles. The van der Waals surface area contributed by atoms with Gasteiger partial charge in [-0.15, -0.1) is 0 Å². The van der Waals surface area contributed by atoms with Crippen LogP contribution in [0.15, 0.2) is 40.9 Å². The highest BCUT2D eigenvalue weighted by molar-refractivity contribution is 5.71. The largest absolute Gasteiger partial charge is 0.398 e. The summed E-state index contributed by atoms with van der Waals surface area (Å²) in [7, 11) is 0. The van der Waals surface area contributed by atoms with Crippen molar-refractivity contribution < 1.29 is 13.3 Å². The summed E-state index contributed by atoms with van der Waals surface area (Å²) >= 11 is 0. The first-order valence-corrected chi connectivity index (χ1v) is 6.20. The van der Waals surface area contributed by atoms with Gasteiger partial charge in [0.2, 0.25) is 5.82 Å². The SMILES string of the molecule is Cc1ccc(F)cc1-c1noc(-c2cc(F)ccc2N)n1. The molecule has 0 fully saturated rings. The second-order valence-corrected chi connectivity index (χ2v) is 4.61. The van der Waals surface area contributed by atoms with Crippen LogP contribution in [0.4, 0.5) is 14.5 Å². The van der Waals surface area contributed by atoms with Crippen LogP contribution in [-0.4, -0.2) is 10.1 Å². The molecule has 0 atom stereocenters. The fourth-order valence-corrected chi connectivity index (χ4v) is 1.99. The van der Waals surface area contributed by atoms with E-state index in [1.807, 2.05) is 0 Å². The van der Waals surface area contributed by atoms with Gasteiger partial charge in [0.25, 0.3) is 5.89 Å². The van der Waals surface area contributed by atoms with E-state index >= 15 is 0 Å². The van der Waals surface area contributed by atoms with Crippen molar-refractivity contribution in [2.24, 2.45) is 0 Å². The van der Waals surface area contributed by atoms with Crippen LogP contribution >= 0.6 is 0 Å². The molecule has 0 saturated heterocycles. The minimum Gasteiger partial charge on any atom is -0.398 e. The van der Waals surface area contributed by atoms with E-state index < -0.39 is 11.6 Å². The van der Waals surface area contributed by atoms with Gasteiger partial charge in [-0.3, -0.25) is 0 Å². The molecule has 2 N–H and O–H groups in total. The summed E-state index contributed by atoms with van der Waals surface area (Å²) in [6.45, 7) is 1.81. The molecule has 3 aromatic rings. The Labute approximate surface area is 119 Å². The molecule has 0 aliphatic carbocycles. The molecule has 106 valence electrons. The molecule has 1 aromatic heterocycles. The Balaban J connectivity index is 2.08. The number of hydrogen-bond donors (Lipinski definition) is 1. The molecule has 0 aliphatic rings. The van der Waals surface area contributed by atoms with E-state index in [9.17, 15) is 8.78 Å². The first-order valence-electron chi connectivity index (χ1n) is 6.20. The number of anilines is 1. The predicted octanol–water partition coefficient (Wildman–Crippen LogP) is 3.57. The standard InChI is InChI=1S/C15H11F2N3O/c1-8-2-3-9(16)6-11(8)14-19-15(21-20-14)12-7-10(17)4-5-13(12)18/h2-7H,18H2,1H3. The molecule has 0 aliphatic heterocycles. The van der Waals surface area contributed by atoms with Gasteiger partial charge in [0, 0.05) is 11.3 Å². The van der Waals surface area contributed by atoms with Crippen LogP contribution in [0, 0.1) is 18.6 Å². The molecule has 0 amide bonds. The number of nitrogens with two attached hydrogens (primary N) is 1. The third-order valence-electron chi connectivity index (χ3n) is 3.11. The molecule has 0 bridgehead atoms. The van der Waals surface area contributed by atoms with Crippen molar-refractivity contribution in [3.8, 4) is 22.8 Å². The number of nitrogens with zero attached hydrogens (tertiary/aromatic N) is 2. The Morgan fingerprint density at radius 2 is 1.67 bits per heavy atom. The van der Waals surface area contributed by atoms with Crippen LogP contribution in [-0.2, 0) is 0 Å². The van der Waals surface area contributed by atoms with Crippen LogP contribution in [0.1, 0.15) is 5.56 Å². The summed E-state index contributed by atoms with van der Waals surface area (Å²) in [5, 5.41) is 3.80. The smallest absolute Gasteiger partial charge is 0.260 e. The van der Waals surface area contributed by atoms with Crippen LogP contribution < -0.4 is 5.73 Å². The van der Waals surface area contributed by atoms with Crippen molar-refractivity contribution in [3.05, 3.63) is 53.6 Å². The summed E-state index contributed by atoms with van der Waals surface area (Å²) in [5.74, 6) is -0.538. The average Bonchev–Trinajstić information content (AvgIpc) is 2.93. The van der Waals surface area contributed by atoms with E-state index in [1.54, 1.807) is 13.0 Å². The van der Waals surface area contributed by atoms with Gasteiger partial charge in [0.15, 0.2) is 0 Å². The van der Waals surface area contributed by atoms with Gasteiger partial charge >= 0.3 is 0 Å². The summed E-state index contributed by atoms with van der Waals surface area (Å²) in [5.41, 5.74) is 7.71. The van der Waals surface area contributed by atoms with E-state index in [0.29, 0.717) is 16.8 Å². The van der Waals surface area contributed by atoms with E-state index in [4.69, 9.17) is 10.3 Å². The zero-order valence-corrected chi connectivity index (χ0v) is 11.1. The van der Waals surface area contributed by atoms with Gasteiger partial charge in [-0.2, -0.15) is 4.98 Å². The van der Waals surface area contributed by atoms with Gasteiger partial charge in [-0.25, -0.2) is 8.78 Å². The van der Waals surface area contributed by atoms with Crippen molar-refractivity contribution >= 4 is 5.69 Å². The number of halogens is 2. The van der Waals surface area contributed by atoms with Crippen LogP contribution in [0.5, 0.6) is 0 Å². The number of benzene rings is 2. The van der Waals surface area contributed by atoms with E-state index in [-0.39, 0.29) is 11.7 Å². The first-order chi connectivity index (χ1) is 10.0. The maximum atomic E-state index is 13.3. The molecule has 0 unspecified atom stereocenters. The van der Waals surface area contributed by atoms with Crippen molar-refractivity contribution in [3.63, 3.8) is 0 Å². The third-order valence-corrected chi connectivity index (χ3v) is 3.11. The zero-order valence-electron chi connectivity index (χ0n) is 11.1. The van der Waals surface area contributed by atoms with Crippen molar-refractivity contribution in [2.75, 3.05) is 5.73 Å². The molecule has 1 heterocycles. The van der Waals surface area contributed by atoms with Crippen LogP contribution in [0.2, 0.25) is 0 Å². The quantitative estimate of drug-likeness (QED) is 0.732. The molecule has 21 heavy (non-hydrogen) atoms. The second-order valence-electron chi connectivity index (χ2n) is 4.61. The molecule has 2 aromatic carbocycles. The molecular weight excluding hydrogens is 276 g/mol. The molecule has 0 radical (unpaired) electrons. The Morgan fingerprint density at radius 3 is 2.43 bits per heavy atom. The van der Waals surface area contributed by atoms with E-state index in [0.717, 1.165) is 5.56 Å². The molecule has 4 nitrogen and oxygen atoms in total. The van der Waals surface area contributed by atoms with Gasteiger partial charge in [-0.05, 0) is 42.8 Å². The topological polar surface area (TPSA) is 64.9 Å². The Kier molecular flexibility index (Phi) is 3.13. The van der Waals surface area contributed by atoms with Crippen molar-refractivity contribution in [1.29, 1.82) is 0 Å².